The van der Waals surface area contributed by atoms with Gasteiger partial charge in [-0.3, -0.25) is 0 Å². The van der Waals surface area contributed by atoms with Crippen LogP contribution in [0.15, 0.2) is 23.6 Å². The lowest BCUT2D eigenvalue weighted by Crippen LogP contribution is -2.00. The number of aromatic nitrogens is 1. The molecule has 0 aliphatic rings. The maximum Gasteiger partial charge on any atom is 0.339 e. The molecule has 0 aliphatic carbocycles. The van der Waals surface area contributed by atoms with Crippen LogP contribution in [-0.4, -0.2) is 16.1 Å². The molecule has 4 nitrogen and oxygen atoms in total. The molecule has 0 bridgehead atoms. The zero-order valence-corrected chi connectivity index (χ0v) is 10.4. The van der Waals surface area contributed by atoms with Crippen molar-refractivity contribution in [2.45, 2.75) is 6.92 Å². The number of aromatic carboxylic acids is 1. The maximum absolute atomic E-state index is 11.0. The van der Waals surface area contributed by atoms with Crippen molar-refractivity contribution in [2.24, 2.45) is 0 Å². The Bertz CT molecular complexity index is 568. The van der Waals surface area contributed by atoms with E-state index in [0.717, 1.165) is 5.56 Å². The molecular formula is C11H8ClNO3S. The summed E-state index contributed by atoms with van der Waals surface area (Å²) in [6.45, 7) is 1.85. The number of rotatable bonds is 3. The summed E-state index contributed by atoms with van der Waals surface area (Å²) in [6, 6.07) is 4.87. The van der Waals surface area contributed by atoms with Crippen LogP contribution in [0.5, 0.6) is 10.9 Å². The molecule has 6 heteroatoms. The van der Waals surface area contributed by atoms with E-state index in [0.29, 0.717) is 10.3 Å². The third-order valence-electron chi connectivity index (χ3n) is 2.02. The topological polar surface area (TPSA) is 59.4 Å². The quantitative estimate of drug-likeness (QED) is 0.925. The molecule has 0 amide bonds. The van der Waals surface area contributed by atoms with Crippen LogP contribution in [0.4, 0.5) is 0 Å². The van der Waals surface area contributed by atoms with Crippen LogP contribution < -0.4 is 4.74 Å². The summed E-state index contributed by atoms with van der Waals surface area (Å²) in [5, 5.41) is 11.3. The summed E-state index contributed by atoms with van der Waals surface area (Å²) < 4.78 is 5.41. The van der Waals surface area contributed by atoms with E-state index in [1.165, 1.54) is 17.4 Å². The molecule has 0 saturated heterocycles. The van der Waals surface area contributed by atoms with Gasteiger partial charge in [0.25, 0.3) is 5.19 Å². The van der Waals surface area contributed by atoms with E-state index < -0.39 is 5.97 Å². The molecule has 2 aromatic rings. The van der Waals surface area contributed by atoms with Crippen molar-refractivity contribution in [1.82, 2.24) is 4.98 Å². The number of carbonyl (C=O) groups is 1. The molecule has 0 fully saturated rings. The fourth-order valence-electron chi connectivity index (χ4n) is 1.27. The van der Waals surface area contributed by atoms with E-state index in [2.05, 4.69) is 4.98 Å². The number of carboxylic acid groups (broad SMARTS) is 1. The molecule has 0 spiro atoms. The van der Waals surface area contributed by atoms with E-state index in [1.807, 2.05) is 6.92 Å². The lowest BCUT2D eigenvalue weighted by molar-refractivity contribution is 0.0694. The summed E-state index contributed by atoms with van der Waals surface area (Å²) in [7, 11) is 0. The van der Waals surface area contributed by atoms with Gasteiger partial charge in [-0.15, -0.1) is 0 Å². The van der Waals surface area contributed by atoms with Crippen molar-refractivity contribution in [3.63, 3.8) is 0 Å². The molecule has 17 heavy (non-hydrogen) atoms. The van der Waals surface area contributed by atoms with Gasteiger partial charge in [0.05, 0.1) is 0 Å². The minimum Gasteiger partial charge on any atom is -0.478 e. The van der Waals surface area contributed by atoms with Gasteiger partial charge in [-0.05, 0) is 24.6 Å². The second kappa shape index (κ2) is 4.73. The van der Waals surface area contributed by atoms with Gasteiger partial charge in [-0.1, -0.05) is 29.0 Å². The van der Waals surface area contributed by atoms with Crippen molar-refractivity contribution < 1.29 is 14.6 Å². The van der Waals surface area contributed by atoms with Gasteiger partial charge in [0, 0.05) is 5.38 Å². The molecule has 0 saturated carbocycles. The Kier molecular flexibility index (Phi) is 3.31. The predicted octanol–water partition coefficient (Wildman–Crippen LogP) is 3.60. The summed E-state index contributed by atoms with van der Waals surface area (Å²) >= 11 is 6.88. The van der Waals surface area contributed by atoms with Crippen LogP contribution in [-0.2, 0) is 0 Å². The first-order valence-electron chi connectivity index (χ1n) is 4.69. The lowest BCUT2D eigenvalue weighted by atomic mass is 10.1. The molecule has 1 heterocycles. The summed E-state index contributed by atoms with van der Waals surface area (Å²) in [5.74, 6) is -0.772. The van der Waals surface area contributed by atoms with Crippen molar-refractivity contribution in [1.29, 1.82) is 0 Å². The number of thiazole rings is 1. The molecule has 1 aromatic carbocycles. The molecule has 1 N–H and O–H groups in total. The highest BCUT2D eigenvalue weighted by atomic mass is 35.5. The number of benzene rings is 1. The molecular weight excluding hydrogens is 262 g/mol. The minimum absolute atomic E-state index is 0.0990. The van der Waals surface area contributed by atoms with Gasteiger partial charge in [0.2, 0.25) is 0 Å². The fraction of sp³-hybridized carbons (Fsp3) is 0.0909. The highest BCUT2D eigenvalue weighted by Gasteiger charge is 2.13. The van der Waals surface area contributed by atoms with Crippen molar-refractivity contribution in [3.05, 3.63) is 39.9 Å². The summed E-state index contributed by atoms with van der Waals surface area (Å²) in [5.41, 5.74) is 1.01. The largest absolute Gasteiger partial charge is 0.478 e. The Hall–Kier alpha value is -1.59. The number of nitrogens with zero attached hydrogens (tertiary/aromatic N) is 1. The van der Waals surface area contributed by atoms with Crippen LogP contribution in [0.25, 0.3) is 0 Å². The van der Waals surface area contributed by atoms with E-state index in [1.54, 1.807) is 17.5 Å². The number of ether oxygens (including phenoxy) is 1. The first-order chi connectivity index (χ1) is 8.06. The Labute approximate surface area is 106 Å². The third-order valence-corrected chi connectivity index (χ3v) is 3.06. The number of hydrogen-bond donors (Lipinski definition) is 1. The first kappa shape index (κ1) is 11.9. The van der Waals surface area contributed by atoms with Crippen LogP contribution in [0.3, 0.4) is 0 Å². The van der Waals surface area contributed by atoms with Crippen LogP contribution in [0.1, 0.15) is 15.9 Å². The minimum atomic E-state index is -1.04. The molecule has 0 unspecified atom stereocenters. The van der Waals surface area contributed by atoms with Crippen LogP contribution in [0, 0.1) is 6.92 Å². The number of hydrogen-bond acceptors (Lipinski definition) is 4. The number of halogens is 1. The molecule has 1 aromatic heterocycles. The van der Waals surface area contributed by atoms with Gasteiger partial charge in [-0.25, -0.2) is 4.79 Å². The van der Waals surface area contributed by atoms with E-state index in [-0.39, 0.29) is 11.3 Å². The number of aryl methyl sites for hydroxylation is 1. The van der Waals surface area contributed by atoms with Crippen molar-refractivity contribution >= 4 is 28.9 Å². The van der Waals surface area contributed by atoms with E-state index >= 15 is 0 Å². The standard InChI is InChI=1S/C11H8ClNO3S/c1-6-2-3-7(10(14)15)8(4-6)16-11-13-9(12)5-17-11/h2-5H,1H3,(H,14,15). The van der Waals surface area contributed by atoms with Gasteiger partial charge in [0.15, 0.2) is 0 Å². The highest BCUT2D eigenvalue weighted by molar-refractivity contribution is 7.11. The molecule has 0 radical (unpaired) electrons. The van der Waals surface area contributed by atoms with Gasteiger partial charge >= 0.3 is 5.97 Å². The predicted molar refractivity (Wildman–Crippen MR) is 65.3 cm³/mol. The SMILES string of the molecule is Cc1ccc(C(=O)O)c(Oc2nc(Cl)cs2)c1. The Morgan fingerprint density at radius 1 is 1.53 bits per heavy atom. The van der Waals surface area contributed by atoms with Crippen LogP contribution >= 0.6 is 22.9 Å². The third kappa shape index (κ3) is 2.75. The first-order valence-corrected chi connectivity index (χ1v) is 5.95. The fourth-order valence-corrected chi connectivity index (χ4v) is 2.07. The van der Waals surface area contributed by atoms with E-state index in [4.69, 9.17) is 21.4 Å². The summed E-state index contributed by atoms with van der Waals surface area (Å²) in [4.78, 5) is 14.9. The zero-order valence-electron chi connectivity index (χ0n) is 8.81. The highest BCUT2D eigenvalue weighted by Crippen LogP contribution is 2.30. The Balaban J connectivity index is 2.37. The second-order valence-electron chi connectivity index (χ2n) is 3.34. The zero-order chi connectivity index (χ0) is 12.4. The number of carboxylic acids is 1. The second-order valence-corrected chi connectivity index (χ2v) is 4.55. The normalized spacial score (nSPS) is 10.2. The average Bonchev–Trinajstić information content (AvgIpc) is 2.63. The van der Waals surface area contributed by atoms with Crippen LogP contribution in [0.2, 0.25) is 5.15 Å². The van der Waals surface area contributed by atoms with Crippen molar-refractivity contribution in [3.8, 4) is 10.9 Å². The summed E-state index contributed by atoms with van der Waals surface area (Å²) in [6.07, 6.45) is 0. The van der Waals surface area contributed by atoms with Gasteiger partial charge in [0.1, 0.15) is 16.5 Å². The van der Waals surface area contributed by atoms with Crippen molar-refractivity contribution in [2.75, 3.05) is 0 Å². The van der Waals surface area contributed by atoms with Gasteiger partial charge < -0.3 is 9.84 Å². The van der Waals surface area contributed by atoms with Gasteiger partial charge in [-0.2, -0.15) is 4.98 Å². The average molecular weight is 270 g/mol. The molecule has 88 valence electrons. The smallest absolute Gasteiger partial charge is 0.339 e. The molecule has 0 atom stereocenters. The monoisotopic (exact) mass is 269 g/mol. The molecule has 0 aliphatic heterocycles. The lowest BCUT2D eigenvalue weighted by Gasteiger charge is -2.06. The Morgan fingerprint density at radius 2 is 2.29 bits per heavy atom. The Morgan fingerprint density at radius 3 is 2.88 bits per heavy atom. The van der Waals surface area contributed by atoms with E-state index in [9.17, 15) is 4.79 Å². The molecule has 2 rings (SSSR count). The maximum atomic E-state index is 11.0.